The van der Waals surface area contributed by atoms with E-state index in [1.807, 2.05) is 23.5 Å². The second kappa shape index (κ2) is 7.19. The van der Waals surface area contributed by atoms with Crippen LogP contribution in [-0.4, -0.2) is 28.3 Å². The van der Waals surface area contributed by atoms with E-state index in [0.717, 1.165) is 13.1 Å². The van der Waals surface area contributed by atoms with Gasteiger partial charge >= 0.3 is 0 Å². The predicted octanol–water partition coefficient (Wildman–Crippen LogP) is 2.95. The molecular formula is C14H27N3S. The average molecular weight is 269 g/mol. The summed E-state index contributed by atoms with van der Waals surface area (Å²) in [6, 6.07) is 0. The molecule has 0 unspecified atom stereocenters. The Morgan fingerprint density at radius 3 is 2.67 bits per heavy atom. The zero-order chi connectivity index (χ0) is 13.6. The van der Waals surface area contributed by atoms with Gasteiger partial charge in [-0.2, -0.15) is 16.9 Å². The molecule has 0 saturated carbocycles. The van der Waals surface area contributed by atoms with Gasteiger partial charge in [-0.3, -0.25) is 4.68 Å². The Labute approximate surface area is 116 Å². The molecule has 1 N–H and O–H groups in total. The molecule has 0 atom stereocenters. The van der Waals surface area contributed by atoms with Crippen molar-refractivity contribution in [3.8, 4) is 0 Å². The maximum atomic E-state index is 4.58. The predicted molar refractivity (Wildman–Crippen MR) is 81.2 cm³/mol. The van der Waals surface area contributed by atoms with Crippen LogP contribution in [0.1, 0.15) is 44.9 Å². The van der Waals surface area contributed by atoms with Crippen molar-refractivity contribution in [3.63, 3.8) is 0 Å². The lowest BCUT2D eigenvalue weighted by molar-refractivity contribution is 0.542. The lowest BCUT2D eigenvalue weighted by Crippen LogP contribution is -2.20. The van der Waals surface area contributed by atoms with Crippen LogP contribution in [0.4, 0.5) is 0 Å². The molecule has 1 heterocycles. The average Bonchev–Trinajstić information content (AvgIpc) is 2.64. The molecule has 1 aromatic heterocycles. The summed E-state index contributed by atoms with van der Waals surface area (Å²) in [4.78, 5) is 0. The standard InChI is InChI=1S/C14H27N3S/c1-14(2,3)13-12(11-17(4)16-13)10-15-8-6-7-9-18-5/h11,15H,6-10H2,1-5H3. The van der Waals surface area contributed by atoms with Crippen molar-refractivity contribution in [1.82, 2.24) is 15.1 Å². The highest BCUT2D eigenvalue weighted by Gasteiger charge is 2.21. The first-order valence-corrected chi connectivity index (χ1v) is 8.07. The number of nitrogens with one attached hydrogen (secondary N) is 1. The van der Waals surface area contributed by atoms with Crippen LogP contribution in [0.15, 0.2) is 6.20 Å². The van der Waals surface area contributed by atoms with Crippen LogP contribution in [0.3, 0.4) is 0 Å². The van der Waals surface area contributed by atoms with Gasteiger partial charge in [0, 0.05) is 30.8 Å². The van der Waals surface area contributed by atoms with Crippen LogP contribution < -0.4 is 5.32 Å². The summed E-state index contributed by atoms with van der Waals surface area (Å²) >= 11 is 1.92. The van der Waals surface area contributed by atoms with E-state index in [9.17, 15) is 0 Å². The molecular weight excluding hydrogens is 242 g/mol. The van der Waals surface area contributed by atoms with Crippen LogP contribution in [0, 0.1) is 0 Å². The molecule has 0 fully saturated rings. The van der Waals surface area contributed by atoms with Crippen LogP contribution in [-0.2, 0) is 19.0 Å². The molecule has 1 rings (SSSR count). The molecule has 4 heteroatoms. The summed E-state index contributed by atoms with van der Waals surface area (Å²) in [5.41, 5.74) is 2.66. The molecule has 0 amide bonds. The van der Waals surface area contributed by atoms with E-state index < -0.39 is 0 Å². The highest BCUT2D eigenvalue weighted by Crippen LogP contribution is 2.23. The third-order valence-corrected chi connectivity index (χ3v) is 3.58. The Kier molecular flexibility index (Phi) is 6.22. The number of aromatic nitrogens is 2. The minimum atomic E-state index is 0.122. The first-order chi connectivity index (χ1) is 8.45. The highest BCUT2D eigenvalue weighted by atomic mass is 32.2. The van der Waals surface area contributed by atoms with E-state index in [1.54, 1.807) is 0 Å². The van der Waals surface area contributed by atoms with Crippen LogP contribution in [0.25, 0.3) is 0 Å². The summed E-state index contributed by atoms with van der Waals surface area (Å²) in [5.74, 6) is 1.27. The van der Waals surface area contributed by atoms with Crippen molar-refractivity contribution in [1.29, 1.82) is 0 Å². The molecule has 1 aromatic rings. The van der Waals surface area contributed by atoms with Gasteiger partial charge in [-0.25, -0.2) is 0 Å². The Bertz CT molecular complexity index is 352. The van der Waals surface area contributed by atoms with Crippen molar-refractivity contribution in [3.05, 3.63) is 17.5 Å². The zero-order valence-corrected chi connectivity index (χ0v) is 13.2. The summed E-state index contributed by atoms with van der Waals surface area (Å²) in [5, 5.41) is 8.11. The van der Waals surface area contributed by atoms with Gasteiger partial charge in [0.15, 0.2) is 0 Å². The van der Waals surface area contributed by atoms with Crippen LogP contribution in [0.5, 0.6) is 0 Å². The minimum absolute atomic E-state index is 0.122. The Hall–Kier alpha value is -0.480. The van der Waals surface area contributed by atoms with E-state index in [2.05, 4.69) is 43.6 Å². The second-order valence-electron chi connectivity index (χ2n) is 5.80. The molecule has 104 valence electrons. The third-order valence-electron chi connectivity index (χ3n) is 2.88. The fraction of sp³-hybridized carbons (Fsp3) is 0.786. The first-order valence-electron chi connectivity index (χ1n) is 6.68. The number of hydrogen-bond donors (Lipinski definition) is 1. The van der Waals surface area contributed by atoms with E-state index >= 15 is 0 Å². The smallest absolute Gasteiger partial charge is 0.0722 e. The Morgan fingerprint density at radius 2 is 2.06 bits per heavy atom. The molecule has 0 aliphatic rings. The van der Waals surface area contributed by atoms with Crippen molar-refractivity contribution >= 4 is 11.8 Å². The summed E-state index contributed by atoms with van der Waals surface area (Å²) in [7, 11) is 2.00. The number of thioether (sulfide) groups is 1. The van der Waals surface area contributed by atoms with Gasteiger partial charge in [-0.15, -0.1) is 0 Å². The maximum absolute atomic E-state index is 4.58. The lowest BCUT2D eigenvalue weighted by atomic mass is 9.89. The van der Waals surface area contributed by atoms with Gasteiger partial charge in [0.2, 0.25) is 0 Å². The lowest BCUT2D eigenvalue weighted by Gasteiger charge is -2.17. The Balaban J connectivity index is 2.42. The fourth-order valence-corrected chi connectivity index (χ4v) is 2.51. The SMILES string of the molecule is CSCCCCNCc1cn(C)nc1C(C)(C)C. The normalized spacial score (nSPS) is 12.1. The van der Waals surface area contributed by atoms with E-state index in [-0.39, 0.29) is 5.41 Å². The molecule has 0 bridgehead atoms. The van der Waals surface area contributed by atoms with E-state index in [1.165, 1.54) is 29.9 Å². The van der Waals surface area contributed by atoms with Gasteiger partial charge < -0.3 is 5.32 Å². The van der Waals surface area contributed by atoms with Gasteiger partial charge in [-0.1, -0.05) is 20.8 Å². The maximum Gasteiger partial charge on any atom is 0.0722 e. The quantitative estimate of drug-likeness (QED) is 0.772. The molecule has 0 aliphatic heterocycles. The van der Waals surface area contributed by atoms with Crippen molar-refractivity contribution in [2.24, 2.45) is 7.05 Å². The highest BCUT2D eigenvalue weighted by molar-refractivity contribution is 7.98. The largest absolute Gasteiger partial charge is 0.313 e. The summed E-state index contributed by atoms with van der Waals surface area (Å²) in [6.45, 7) is 8.69. The minimum Gasteiger partial charge on any atom is -0.313 e. The number of unbranched alkanes of at least 4 members (excludes halogenated alkanes) is 1. The van der Waals surface area contributed by atoms with Gasteiger partial charge in [-0.05, 0) is 31.4 Å². The first kappa shape index (κ1) is 15.6. The Morgan fingerprint density at radius 1 is 1.33 bits per heavy atom. The van der Waals surface area contributed by atoms with Gasteiger partial charge in [0.1, 0.15) is 0 Å². The number of rotatable bonds is 7. The molecule has 18 heavy (non-hydrogen) atoms. The molecule has 3 nitrogen and oxygen atoms in total. The molecule has 0 radical (unpaired) electrons. The van der Waals surface area contributed by atoms with E-state index in [0.29, 0.717) is 0 Å². The number of hydrogen-bond acceptors (Lipinski definition) is 3. The van der Waals surface area contributed by atoms with Crippen molar-refractivity contribution in [2.45, 2.75) is 45.6 Å². The fourth-order valence-electron chi connectivity index (χ4n) is 2.02. The molecule has 0 aliphatic carbocycles. The van der Waals surface area contributed by atoms with Gasteiger partial charge in [0.25, 0.3) is 0 Å². The third kappa shape index (κ3) is 5.02. The topological polar surface area (TPSA) is 29.9 Å². The number of nitrogens with zero attached hydrogens (tertiary/aromatic N) is 2. The van der Waals surface area contributed by atoms with Crippen molar-refractivity contribution < 1.29 is 0 Å². The monoisotopic (exact) mass is 269 g/mol. The molecule has 0 aromatic carbocycles. The zero-order valence-electron chi connectivity index (χ0n) is 12.4. The van der Waals surface area contributed by atoms with Crippen LogP contribution in [0.2, 0.25) is 0 Å². The van der Waals surface area contributed by atoms with Crippen LogP contribution >= 0.6 is 11.8 Å². The van der Waals surface area contributed by atoms with Gasteiger partial charge in [0.05, 0.1) is 5.69 Å². The molecule has 0 saturated heterocycles. The van der Waals surface area contributed by atoms with E-state index in [4.69, 9.17) is 0 Å². The molecule has 0 spiro atoms. The summed E-state index contributed by atoms with van der Waals surface area (Å²) < 4.78 is 1.92. The summed E-state index contributed by atoms with van der Waals surface area (Å²) in [6.07, 6.45) is 6.85. The van der Waals surface area contributed by atoms with Crippen molar-refractivity contribution in [2.75, 3.05) is 18.6 Å². The number of aryl methyl sites for hydroxylation is 1. The second-order valence-corrected chi connectivity index (χ2v) is 6.79.